The van der Waals surface area contributed by atoms with Crippen molar-refractivity contribution >= 4 is 71.7 Å². The van der Waals surface area contributed by atoms with E-state index in [9.17, 15) is 0 Å². The highest BCUT2D eigenvalue weighted by atomic mass is 16.3. The van der Waals surface area contributed by atoms with Crippen LogP contribution in [0.25, 0.3) is 76.9 Å². The van der Waals surface area contributed by atoms with Crippen LogP contribution in [0.3, 0.4) is 0 Å². The highest BCUT2D eigenvalue weighted by molar-refractivity contribution is 6.13. The topological polar surface area (TPSA) is 29.5 Å². The fraction of sp³-hybridized carbons (Fsp3) is 0. The van der Waals surface area contributed by atoms with Gasteiger partial charge in [-0.05, 0) is 81.6 Å². The van der Waals surface area contributed by atoms with Gasteiger partial charge in [0, 0.05) is 27.2 Å². The number of hydrogen-bond acceptors (Lipinski definition) is 3. The average molecular weight is 628 g/mol. The van der Waals surface area contributed by atoms with Crippen molar-refractivity contribution in [1.29, 1.82) is 0 Å². The van der Waals surface area contributed by atoms with Crippen LogP contribution in [0, 0.1) is 0 Å². The molecular weight excluding hydrogens is 599 g/mol. The van der Waals surface area contributed by atoms with Crippen LogP contribution in [0.4, 0.5) is 17.1 Å². The van der Waals surface area contributed by atoms with Crippen LogP contribution < -0.4 is 4.90 Å². The summed E-state index contributed by atoms with van der Waals surface area (Å²) in [6, 6.07) is 62.0. The lowest BCUT2D eigenvalue weighted by molar-refractivity contribution is 0.666. The molecule has 230 valence electrons. The van der Waals surface area contributed by atoms with E-state index in [1.807, 2.05) is 24.3 Å². The molecule has 3 nitrogen and oxygen atoms in total. The summed E-state index contributed by atoms with van der Waals surface area (Å²) >= 11 is 0. The summed E-state index contributed by atoms with van der Waals surface area (Å²) < 4.78 is 13.2. The lowest BCUT2D eigenvalue weighted by atomic mass is 9.97. The van der Waals surface area contributed by atoms with Crippen molar-refractivity contribution in [3.05, 3.63) is 176 Å². The van der Waals surface area contributed by atoms with Crippen molar-refractivity contribution in [3.8, 4) is 22.3 Å². The summed E-state index contributed by atoms with van der Waals surface area (Å²) in [5.74, 6) is 0. The maximum Gasteiger partial charge on any atom is 0.159 e. The Bertz CT molecular complexity index is 2730. The molecule has 0 aliphatic carbocycles. The van der Waals surface area contributed by atoms with Gasteiger partial charge in [0.1, 0.15) is 11.2 Å². The van der Waals surface area contributed by atoms with Gasteiger partial charge < -0.3 is 13.7 Å². The summed E-state index contributed by atoms with van der Waals surface area (Å²) in [4.78, 5) is 2.27. The third kappa shape index (κ3) is 4.51. The van der Waals surface area contributed by atoms with Gasteiger partial charge in [0.05, 0.1) is 11.4 Å². The van der Waals surface area contributed by atoms with Gasteiger partial charge in [-0.3, -0.25) is 0 Å². The second-order valence-electron chi connectivity index (χ2n) is 12.5. The summed E-state index contributed by atoms with van der Waals surface area (Å²) in [6.07, 6.45) is 0. The first kappa shape index (κ1) is 27.5. The molecule has 2 aromatic heterocycles. The molecule has 0 aliphatic rings. The molecule has 0 spiro atoms. The molecule has 10 rings (SSSR count). The van der Waals surface area contributed by atoms with Gasteiger partial charge in [0.2, 0.25) is 0 Å². The first-order valence-electron chi connectivity index (χ1n) is 16.6. The minimum Gasteiger partial charge on any atom is -0.454 e. The Kier molecular flexibility index (Phi) is 6.18. The first-order chi connectivity index (χ1) is 24.3. The van der Waals surface area contributed by atoms with E-state index in [1.165, 1.54) is 27.5 Å². The molecule has 0 bridgehead atoms. The summed E-state index contributed by atoms with van der Waals surface area (Å²) in [5.41, 5.74) is 11.0. The fourth-order valence-electron chi connectivity index (χ4n) is 7.27. The van der Waals surface area contributed by atoms with E-state index in [-0.39, 0.29) is 0 Å². The Morgan fingerprint density at radius 2 is 0.816 bits per heavy atom. The molecule has 3 heteroatoms. The van der Waals surface area contributed by atoms with Crippen LogP contribution in [0.5, 0.6) is 0 Å². The maximum absolute atomic E-state index is 6.58. The number of anilines is 3. The number of fused-ring (bicyclic) bond motifs is 7. The van der Waals surface area contributed by atoms with E-state index < -0.39 is 0 Å². The summed E-state index contributed by atoms with van der Waals surface area (Å²) in [5, 5.41) is 6.85. The van der Waals surface area contributed by atoms with Gasteiger partial charge in [-0.25, -0.2) is 0 Å². The third-order valence-electron chi connectivity index (χ3n) is 9.65. The van der Waals surface area contributed by atoms with E-state index in [1.54, 1.807) is 0 Å². The van der Waals surface area contributed by atoms with Crippen molar-refractivity contribution < 1.29 is 8.83 Å². The van der Waals surface area contributed by atoms with Crippen LogP contribution in [0.1, 0.15) is 0 Å². The van der Waals surface area contributed by atoms with E-state index in [2.05, 4.69) is 157 Å². The Morgan fingerprint density at radius 3 is 1.47 bits per heavy atom. The highest BCUT2D eigenvalue weighted by Gasteiger charge is 2.23. The predicted octanol–water partition coefficient (Wildman–Crippen LogP) is 13.4. The number of nitrogens with zero attached hydrogens (tertiary/aromatic N) is 1. The van der Waals surface area contributed by atoms with Gasteiger partial charge in [0.25, 0.3) is 0 Å². The zero-order chi connectivity index (χ0) is 32.3. The number of para-hydroxylation sites is 4. The Labute approximate surface area is 282 Å². The van der Waals surface area contributed by atoms with Crippen molar-refractivity contribution in [2.75, 3.05) is 4.90 Å². The highest BCUT2D eigenvalue weighted by Crippen LogP contribution is 2.46. The average Bonchev–Trinajstić information content (AvgIpc) is 3.75. The number of benzene rings is 8. The summed E-state index contributed by atoms with van der Waals surface area (Å²) in [6.45, 7) is 0. The molecule has 0 radical (unpaired) electrons. The Morgan fingerprint density at radius 1 is 0.327 bits per heavy atom. The minimum absolute atomic E-state index is 0.837. The lowest BCUT2D eigenvalue weighted by Gasteiger charge is -2.25. The number of rotatable bonds is 5. The van der Waals surface area contributed by atoms with Gasteiger partial charge in [-0.2, -0.15) is 0 Å². The van der Waals surface area contributed by atoms with Gasteiger partial charge in [0.15, 0.2) is 11.2 Å². The Balaban J connectivity index is 1.13. The van der Waals surface area contributed by atoms with E-state index in [4.69, 9.17) is 8.83 Å². The van der Waals surface area contributed by atoms with Gasteiger partial charge in [-0.15, -0.1) is 0 Å². The molecule has 0 unspecified atom stereocenters. The molecule has 0 amide bonds. The molecule has 0 saturated carbocycles. The van der Waals surface area contributed by atoms with E-state index >= 15 is 0 Å². The molecule has 0 atom stereocenters. The third-order valence-corrected chi connectivity index (χ3v) is 9.65. The molecule has 0 aliphatic heterocycles. The molecule has 8 aromatic carbocycles. The number of furan rings is 2. The van der Waals surface area contributed by atoms with Crippen molar-refractivity contribution in [2.24, 2.45) is 0 Å². The molecule has 0 fully saturated rings. The molecule has 49 heavy (non-hydrogen) atoms. The van der Waals surface area contributed by atoms with Crippen LogP contribution in [0.15, 0.2) is 185 Å². The molecular formula is C46H29NO2. The SMILES string of the molecule is c1cc(-c2ccc(N(c3cccc4c3oc3ccccc34)c3cccc4c3oc3ccccc34)cc2)cc(-c2ccc3ccccc3c2)c1. The fourth-order valence-corrected chi connectivity index (χ4v) is 7.27. The lowest BCUT2D eigenvalue weighted by Crippen LogP contribution is -2.10. The van der Waals surface area contributed by atoms with Crippen LogP contribution >= 0.6 is 0 Å². The van der Waals surface area contributed by atoms with Crippen molar-refractivity contribution in [1.82, 2.24) is 0 Å². The second kappa shape index (κ2) is 11.0. The smallest absolute Gasteiger partial charge is 0.159 e. The zero-order valence-corrected chi connectivity index (χ0v) is 26.5. The van der Waals surface area contributed by atoms with E-state index in [0.717, 1.165) is 66.5 Å². The monoisotopic (exact) mass is 627 g/mol. The van der Waals surface area contributed by atoms with Crippen LogP contribution in [0.2, 0.25) is 0 Å². The summed E-state index contributed by atoms with van der Waals surface area (Å²) in [7, 11) is 0. The van der Waals surface area contributed by atoms with Crippen LogP contribution in [-0.4, -0.2) is 0 Å². The normalized spacial score (nSPS) is 11.7. The largest absolute Gasteiger partial charge is 0.454 e. The molecule has 2 heterocycles. The maximum atomic E-state index is 6.58. The zero-order valence-electron chi connectivity index (χ0n) is 26.5. The quantitative estimate of drug-likeness (QED) is 0.190. The first-order valence-corrected chi connectivity index (χ1v) is 16.6. The van der Waals surface area contributed by atoms with E-state index in [0.29, 0.717) is 0 Å². The van der Waals surface area contributed by atoms with Gasteiger partial charge in [-0.1, -0.05) is 127 Å². The van der Waals surface area contributed by atoms with Crippen molar-refractivity contribution in [3.63, 3.8) is 0 Å². The predicted molar refractivity (Wildman–Crippen MR) is 204 cm³/mol. The second-order valence-corrected chi connectivity index (χ2v) is 12.5. The number of hydrogen-bond donors (Lipinski definition) is 0. The van der Waals surface area contributed by atoms with Crippen molar-refractivity contribution in [2.45, 2.75) is 0 Å². The molecule has 0 saturated heterocycles. The Hall–Kier alpha value is -6.58. The standard InChI is InChI=1S/C46H29NO2/c1-2-11-32-29-35(23-22-30(32)10-1)34-13-7-12-33(28-34)31-24-26-36(27-25-31)47(41-18-8-16-39-37-14-3-5-20-43(37)48-45(39)41)42-19-9-17-40-38-15-4-6-21-44(38)49-46(40)42/h1-29H. The van der Waals surface area contributed by atoms with Gasteiger partial charge >= 0.3 is 0 Å². The van der Waals surface area contributed by atoms with Crippen LogP contribution in [-0.2, 0) is 0 Å². The minimum atomic E-state index is 0.837. The molecule has 0 N–H and O–H groups in total. The molecule has 10 aromatic rings.